The number of hydrogen-bond acceptors (Lipinski definition) is 5. The van der Waals surface area contributed by atoms with Crippen molar-refractivity contribution in [3.63, 3.8) is 0 Å². The molecule has 3 N–H and O–H groups in total. The van der Waals surface area contributed by atoms with Crippen molar-refractivity contribution in [3.05, 3.63) is 35.9 Å². The highest BCUT2D eigenvalue weighted by Gasteiger charge is 2.29. The van der Waals surface area contributed by atoms with E-state index in [0.717, 1.165) is 5.56 Å². The summed E-state index contributed by atoms with van der Waals surface area (Å²) in [6, 6.07) is 7.35. The van der Waals surface area contributed by atoms with Crippen LogP contribution in [0.25, 0.3) is 0 Å². The van der Waals surface area contributed by atoms with Crippen LogP contribution < -0.4 is 16.0 Å². The van der Waals surface area contributed by atoms with Crippen LogP contribution in [0.3, 0.4) is 0 Å². The Morgan fingerprint density at radius 2 is 1.62 bits per heavy atom. The molecule has 0 saturated heterocycles. The van der Waals surface area contributed by atoms with Gasteiger partial charge in [0, 0.05) is 6.54 Å². The van der Waals surface area contributed by atoms with Crippen molar-refractivity contribution >= 4 is 23.7 Å². The number of nitrogens with one attached hydrogen (secondary N) is 3. The Hall–Kier alpha value is -2.90. The first-order chi connectivity index (χ1) is 13.8. The van der Waals surface area contributed by atoms with Crippen LogP contribution in [0.5, 0.6) is 0 Å². The molecule has 8 nitrogen and oxygen atoms in total. The van der Waals surface area contributed by atoms with E-state index in [0.29, 0.717) is 13.0 Å². The molecule has 0 heterocycles. The number of carbonyl (C=O) groups excluding carboxylic acids is 4. The number of amides is 3. The summed E-state index contributed by atoms with van der Waals surface area (Å²) in [6.07, 6.45) is -0.107. The third-order valence-electron chi connectivity index (χ3n) is 4.13. The number of ketones is 1. The number of likely N-dealkylation sites (N-methyl/N-ethyl adjacent to an activating group) is 1. The number of rotatable bonds is 11. The standard InChI is InChI=1S/C21H31N3O5/c1-5-16(18(25)20(27)22-6-2)23-19(26)17(12-14(3)4)24-21(28)29-13-15-10-8-7-9-11-15/h7-11,14,16-17H,5-6,12-13H2,1-4H3,(H,22,27)(H,23,26)(H,24,28)/t16-,17-/m0/s1. The summed E-state index contributed by atoms with van der Waals surface area (Å²) in [6.45, 7) is 7.62. The van der Waals surface area contributed by atoms with Crippen LogP contribution >= 0.6 is 0 Å². The zero-order chi connectivity index (χ0) is 21.8. The summed E-state index contributed by atoms with van der Waals surface area (Å²) in [4.78, 5) is 48.8. The fourth-order valence-electron chi connectivity index (χ4n) is 2.64. The van der Waals surface area contributed by atoms with Gasteiger partial charge in [-0.2, -0.15) is 0 Å². The lowest BCUT2D eigenvalue weighted by atomic mass is 10.0. The van der Waals surface area contributed by atoms with Gasteiger partial charge < -0.3 is 20.7 Å². The van der Waals surface area contributed by atoms with E-state index in [1.807, 2.05) is 44.2 Å². The number of carbonyl (C=O) groups is 4. The van der Waals surface area contributed by atoms with Gasteiger partial charge in [0.15, 0.2) is 0 Å². The quantitative estimate of drug-likeness (QED) is 0.487. The fourth-order valence-corrected chi connectivity index (χ4v) is 2.64. The molecule has 0 radical (unpaired) electrons. The molecule has 2 atom stereocenters. The lowest BCUT2D eigenvalue weighted by Crippen LogP contribution is -2.54. The van der Waals surface area contributed by atoms with Crippen LogP contribution in [0.2, 0.25) is 0 Å². The molecule has 0 saturated carbocycles. The maximum Gasteiger partial charge on any atom is 0.408 e. The van der Waals surface area contributed by atoms with Crippen molar-refractivity contribution in [2.24, 2.45) is 5.92 Å². The molecule has 0 aliphatic carbocycles. The van der Waals surface area contributed by atoms with E-state index in [2.05, 4.69) is 16.0 Å². The Balaban J connectivity index is 2.71. The predicted octanol–water partition coefficient (Wildman–Crippen LogP) is 1.93. The zero-order valence-electron chi connectivity index (χ0n) is 17.5. The number of alkyl carbamates (subject to hydrolysis) is 1. The van der Waals surface area contributed by atoms with Crippen molar-refractivity contribution in [3.8, 4) is 0 Å². The van der Waals surface area contributed by atoms with Gasteiger partial charge in [-0.15, -0.1) is 0 Å². The van der Waals surface area contributed by atoms with Crippen molar-refractivity contribution in [1.82, 2.24) is 16.0 Å². The minimum absolute atomic E-state index is 0.0793. The van der Waals surface area contributed by atoms with Gasteiger partial charge in [-0.25, -0.2) is 4.79 Å². The smallest absolute Gasteiger partial charge is 0.408 e. The molecule has 1 aromatic rings. The van der Waals surface area contributed by atoms with Crippen LogP contribution in [0.1, 0.15) is 46.1 Å². The van der Waals surface area contributed by atoms with E-state index in [1.165, 1.54) is 0 Å². The summed E-state index contributed by atoms with van der Waals surface area (Å²) in [5, 5.41) is 7.56. The predicted molar refractivity (Wildman–Crippen MR) is 109 cm³/mol. The molecule has 1 aromatic carbocycles. The first-order valence-corrected chi connectivity index (χ1v) is 9.88. The van der Waals surface area contributed by atoms with E-state index in [-0.39, 0.29) is 18.9 Å². The van der Waals surface area contributed by atoms with Gasteiger partial charge in [0.05, 0.1) is 6.04 Å². The van der Waals surface area contributed by atoms with Crippen LogP contribution in [0, 0.1) is 5.92 Å². The first kappa shape index (κ1) is 24.1. The normalized spacial score (nSPS) is 12.6. The Bertz CT molecular complexity index is 691. The molecule has 0 aromatic heterocycles. The van der Waals surface area contributed by atoms with E-state index in [1.54, 1.807) is 13.8 Å². The van der Waals surface area contributed by atoms with Crippen LogP contribution in [0.15, 0.2) is 30.3 Å². The Labute approximate surface area is 171 Å². The molecule has 1 rings (SSSR count). The third kappa shape index (κ3) is 8.76. The summed E-state index contributed by atoms with van der Waals surface area (Å²) in [7, 11) is 0. The second kappa shape index (κ2) is 12.5. The third-order valence-corrected chi connectivity index (χ3v) is 4.13. The monoisotopic (exact) mass is 405 g/mol. The maximum atomic E-state index is 12.7. The van der Waals surface area contributed by atoms with E-state index < -0.39 is 35.8 Å². The van der Waals surface area contributed by atoms with Crippen molar-refractivity contribution < 1.29 is 23.9 Å². The molecule has 0 bridgehead atoms. The van der Waals surface area contributed by atoms with Crippen molar-refractivity contribution in [1.29, 1.82) is 0 Å². The minimum atomic E-state index is -0.953. The van der Waals surface area contributed by atoms with Gasteiger partial charge in [-0.05, 0) is 31.2 Å². The largest absolute Gasteiger partial charge is 0.445 e. The molecule has 0 aliphatic rings. The SMILES string of the molecule is CCNC(=O)C(=O)[C@H](CC)NC(=O)[C@H](CC(C)C)NC(=O)OCc1ccccc1. The molecule has 29 heavy (non-hydrogen) atoms. The molecule has 8 heteroatoms. The maximum absolute atomic E-state index is 12.7. The van der Waals surface area contributed by atoms with E-state index in [9.17, 15) is 19.2 Å². The zero-order valence-corrected chi connectivity index (χ0v) is 17.5. The number of Topliss-reactive ketones (excluding diaryl/α,β-unsaturated/α-hetero) is 1. The highest BCUT2D eigenvalue weighted by molar-refractivity contribution is 6.38. The highest BCUT2D eigenvalue weighted by Crippen LogP contribution is 2.08. The van der Waals surface area contributed by atoms with Crippen molar-refractivity contribution in [2.75, 3.05) is 6.54 Å². The molecule has 160 valence electrons. The number of benzene rings is 1. The average molecular weight is 405 g/mol. The number of hydrogen-bond donors (Lipinski definition) is 3. The topological polar surface area (TPSA) is 114 Å². The molecular weight excluding hydrogens is 374 g/mol. The highest BCUT2D eigenvalue weighted by atomic mass is 16.5. The van der Waals surface area contributed by atoms with Gasteiger partial charge in [0.2, 0.25) is 11.7 Å². The lowest BCUT2D eigenvalue weighted by Gasteiger charge is -2.23. The van der Waals surface area contributed by atoms with Gasteiger partial charge in [0.25, 0.3) is 5.91 Å². The van der Waals surface area contributed by atoms with E-state index >= 15 is 0 Å². The first-order valence-electron chi connectivity index (χ1n) is 9.88. The molecule has 0 aliphatic heterocycles. The lowest BCUT2D eigenvalue weighted by molar-refractivity contribution is -0.140. The second-order valence-corrected chi connectivity index (χ2v) is 7.08. The molecular formula is C21H31N3O5. The summed E-state index contributed by atoms with van der Waals surface area (Å²) in [5.41, 5.74) is 0.825. The summed E-state index contributed by atoms with van der Waals surface area (Å²) >= 11 is 0. The molecule has 3 amide bonds. The van der Waals surface area contributed by atoms with Crippen molar-refractivity contribution in [2.45, 2.75) is 59.2 Å². The minimum Gasteiger partial charge on any atom is -0.445 e. The fraction of sp³-hybridized carbons (Fsp3) is 0.524. The summed E-state index contributed by atoms with van der Waals surface area (Å²) in [5.74, 6) is -1.87. The van der Waals surface area contributed by atoms with E-state index in [4.69, 9.17) is 4.74 Å². The van der Waals surface area contributed by atoms with Crippen LogP contribution in [-0.2, 0) is 25.7 Å². The van der Waals surface area contributed by atoms with Gasteiger partial charge in [-0.3, -0.25) is 14.4 Å². The Morgan fingerprint density at radius 3 is 2.17 bits per heavy atom. The molecule has 0 unspecified atom stereocenters. The molecule has 0 spiro atoms. The second-order valence-electron chi connectivity index (χ2n) is 7.08. The Kier molecular flexibility index (Phi) is 10.4. The van der Waals surface area contributed by atoms with Gasteiger partial charge in [-0.1, -0.05) is 51.1 Å². The van der Waals surface area contributed by atoms with Gasteiger partial charge >= 0.3 is 6.09 Å². The van der Waals surface area contributed by atoms with Crippen LogP contribution in [0.4, 0.5) is 4.79 Å². The Morgan fingerprint density at radius 1 is 0.966 bits per heavy atom. The average Bonchev–Trinajstić information content (AvgIpc) is 2.69. The summed E-state index contributed by atoms with van der Waals surface area (Å²) < 4.78 is 5.18. The van der Waals surface area contributed by atoms with Crippen LogP contribution in [-0.4, -0.2) is 42.3 Å². The molecule has 0 fully saturated rings. The number of ether oxygens (including phenoxy) is 1. The van der Waals surface area contributed by atoms with Gasteiger partial charge in [0.1, 0.15) is 12.6 Å².